The van der Waals surface area contributed by atoms with E-state index in [1.54, 1.807) is 13.2 Å². The highest BCUT2D eigenvalue weighted by molar-refractivity contribution is 5.99. The normalized spacial score (nSPS) is 10.7. The standard InChI is InChI=1S/C23H26O4/c1-16(2)11-13-18-19(14-12-17-9-7-6-8-10-17)22(23(24)27-5)21(26-4)15-20(18)25-3/h6-10,12,14-15H,1,11,13H2,2-5H3/b14-12+. The molecule has 0 bridgehead atoms. The highest BCUT2D eigenvalue weighted by Crippen LogP contribution is 2.36. The second-order valence-corrected chi connectivity index (χ2v) is 6.24. The summed E-state index contributed by atoms with van der Waals surface area (Å²) >= 11 is 0. The molecule has 0 heterocycles. The van der Waals surface area contributed by atoms with Crippen molar-refractivity contribution in [2.24, 2.45) is 0 Å². The van der Waals surface area contributed by atoms with Crippen molar-refractivity contribution >= 4 is 18.1 Å². The number of methoxy groups -OCH3 is 3. The molecule has 0 fully saturated rings. The quantitative estimate of drug-likeness (QED) is 0.367. The number of ether oxygens (including phenoxy) is 3. The number of carbonyl (C=O) groups excluding carboxylic acids is 1. The van der Waals surface area contributed by atoms with Gasteiger partial charge in [-0.25, -0.2) is 4.79 Å². The van der Waals surface area contributed by atoms with Crippen molar-refractivity contribution in [3.8, 4) is 11.5 Å². The van der Waals surface area contributed by atoms with Crippen molar-refractivity contribution in [1.29, 1.82) is 0 Å². The van der Waals surface area contributed by atoms with Gasteiger partial charge < -0.3 is 14.2 Å². The van der Waals surface area contributed by atoms with Gasteiger partial charge in [0.15, 0.2) is 0 Å². The van der Waals surface area contributed by atoms with Crippen LogP contribution in [-0.2, 0) is 11.2 Å². The Hall–Kier alpha value is -3.01. The van der Waals surface area contributed by atoms with Gasteiger partial charge in [0.25, 0.3) is 0 Å². The number of carbonyl (C=O) groups is 1. The zero-order valence-corrected chi connectivity index (χ0v) is 16.4. The minimum absolute atomic E-state index is 0.393. The van der Waals surface area contributed by atoms with E-state index in [4.69, 9.17) is 14.2 Å². The van der Waals surface area contributed by atoms with Gasteiger partial charge in [0.1, 0.15) is 17.1 Å². The monoisotopic (exact) mass is 366 g/mol. The molecule has 0 saturated heterocycles. The molecule has 0 aliphatic heterocycles. The Morgan fingerprint density at radius 3 is 2.26 bits per heavy atom. The first-order chi connectivity index (χ1) is 13.0. The van der Waals surface area contributed by atoms with Crippen molar-refractivity contribution in [3.63, 3.8) is 0 Å². The number of allylic oxidation sites excluding steroid dienone is 1. The summed E-state index contributed by atoms with van der Waals surface area (Å²) in [5.74, 6) is 0.651. The molecule has 2 rings (SSSR count). The van der Waals surface area contributed by atoms with Crippen molar-refractivity contribution < 1.29 is 19.0 Å². The third kappa shape index (κ3) is 5.00. The predicted octanol–water partition coefficient (Wildman–Crippen LogP) is 5.17. The van der Waals surface area contributed by atoms with Crippen LogP contribution in [0.3, 0.4) is 0 Å². The lowest BCUT2D eigenvalue weighted by Gasteiger charge is -2.18. The topological polar surface area (TPSA) is 44.8 Å². The van der Waals surface area contributed by atoms with Crippen molar-refractivity contribution in [3.05, 3.63) is 70.8 Å². The smallest absolute Gasteiger partial charge is 0.342 e. The summed E-state index contributed by atoms with van der Waals surface area (Å²) in [6, 6.07) is 11.6. The Kier molecular flexibility index (Phi) is 7.24. The fourth-order valence-electron chi connectivity index (χ4n) is 2.87. The minimum Gasteiger partial charge on any atom is -0.496 e. The fraction of sp³-hybridized carbons (Fsp3) is 0.261. The summed E-state index contributed by atoms with van der Waals surface area (Å²) in [7, 11) is 4.51. The number of rotatable bonds is 8. The SMILES string of the molecule is C=C(C)CCc1c(OC)cc(OC)c(C(=O)OC)c1/C=C/c1ccccc1. The number of esters is 1. The van der Waals surface area contributed by atoms with Crippen molar-refractivity contribution in [1.82, 2.24) is 0 Å². The molecular weight excluding hydrogens is 340 g/mol. The van der Waals surface area contributed by atoms with Crippen LogP contribution in [0.2, 0.25) is 0 Å². The molecular formula is C23H26O4. The van der Waals surface area contributed by atoms with Gasteiger partial charge in [-0.3, -0.25) is 0 Å². The number of hydrogen-bond donors (Lipinski definition) is 0. The molecule has 0 aliphatic carbocycles. The van der Waals surface area contributed by atoms with E-state index < -0.39 is 5.97 Å². The molecule has 2 aromatic carbocycles. The first kappa shape index (κ1) is 20.3. The zero-order chi connectivity index (χ0) is 19.8. The summed E-state index contributed by atoms with van der Waals surface area (Å²) in [4.78, 5) is 12.5. The van der Waals surface area contributed by atoms with E-state index in [0.717, 1.165) is 28.7 Å². The van der Waals surface area contributed by atoms with E-state index in [9.17, 15) is 4.79 Å². The Balaban J connectivity index is 2.69. The Morgan fingerprint density at radius 2 is 1.70 bits per heavy atom. The Labute approximate surface area is 161 Å². The molecule has 4 nitrogen and oxygen atoms in total. The van der Waals surface area contributed by atoms with Gasteiger partial charge in [0, 0.05) is 11.6 Å². The molecule has 0 spiro atoms. The summed E-state index contributed by atoms with van der Waals surface area (Å²) in [6.07, 6.45) is 5.36. The van der Waals surface area contributed by atoms with Crippen LogP contribution in [0.15, 0.2) is 48.6 Å². The second kappa shape index (κ2) is 9.62. The average molecular weight is 366 g/mol. The van der Waals surface area contributed by atoms with Gasteiger partial charge in [0.05, 0.1) is 21.3 Å². The van der Waals surface area contributed by atoms with Crippen LogP contribution >= 0.6 is 0 Å². The number of hydrogen-bond acceptors (Lipinski definition) is 4. The molecule has 0 aromatic heterocycles. The number of benzene rings is 2. The fourth-order valence-corrected chi connectivity index (χ4v) is 2.87. The lowest BCUT2D eigenvalue weighted by atomic mass is 9.93. The van der Waals surface area contributed by atoms with E-state index in [2.05, 4.69) is 6.58 Å². The van der Waals surface area contributed by atoms with Gasteiger partial charge >= 0.3 is 5.97 Å². The van der Waals surface area contributed by atoms with Crippen LogP contribution < -0.4 is 9.47 Å². The van der Waals surface area contributed by atoms with Crippen LogP contribution in [0.25, 0.3) is 12.2 Å². The Morgan fingerprint density at radius 1 is 1.04 bits per heavy atom. The summed E-state index contributed by atoms with van der Waals surface area (Å²) in [5, 5.41) is 0. The predicted molar refractivity (Wildman–Crippen MR) is 109 cm³/mol. The highest BCUT2D eigenvalue weighted by Gasteiger charge is 2.23. The first-order valence-corrected chi connectivity index (χ1v) is 8.75. The first-order valence-electron chi connectivity index (χ1n) is 8.75. The van der Waals surface area contributed by atoms with Crippen LogP contribution in [0.5, 0.6) is 11.5 Å². The van der Waals surface area contributed by atoms with Gasteiger partial charge in [-0.2, -0.15) is 0 Å². The molecule has 0 N–H and O–H groups in total. The maximum absolute atomic E-state index is 12.5. The molecule has 0 unspecified atom stereocenters. The molecule has 0 aliphatic rings. The van der Waals surface area contributed by atoms with Crippen LogP contribution in [-0.4, -0.2) is 27.3 Å². The lowest BCUT2D eigenvalue weighted by molar-refractivity contribution is 0.0596. The molecule has 0 amide bonds. The molecule has 2 aromatic rings. The lowest BCUT2D eigenvalue weighted by Crippen LogP contribution is -2.10. The van der Waals surface area contributed by atoms with E-state index in [-0.39, 0.29) is 0 Å². The van der Waals surface area contributed by atoms with Gasteiger partial charge in [-0.15, -0.1) is 6.58 Å². The summed E-state index contributed by atoms with van der Waals surface area (Å²) in [6.45, 7) is 5.96. The third-order valence-electron chi connectivity index (χ3n) is 4.27. The van der Waals surface area contributed by atoms with Crippen molar-refractivity contribution in [2.75, 3.05) is 21.3 Å². The molecule has 27 heavy (non-hydrogen) atoms. The summed E-state index contributed by atoms with van der Waals surface area (Å²) < 4.78 is 16.1. The largest absolute Gasteiger partial charge is 0.496 e. The highest BCUT2D eigenvalue weighted by atomic mass is 16.5. The third-order valence-corrected chi connectivity index (χ3v) is 4.27. The van der Waals surface area contributed by atoms with E-state index >= 15 is 0 Å². The van der Waals surface area contributed by atoms with E-state index in [0.29, 0.717) is 23.5 Å². The molecule has 0 radical (unpaired) electrons. The van der Waals surface area contributed by atoms with Crippen LogP contribution in [0, 0.1) is 0 Å². The zero-order valence-electron chi connectivity index (χ0n) is 16.4. The molecule has 0 atom stereocenters. The van der Waals surface area contributed by atoms with Gasteiger partial charge in [-0.05, 0) is 30.9 Å². The van der Waals surface area contributed by atoms with E-state index in [1.807, 2.05) is 49.4 Å². The summed E-state index contributed by atoms with van der Waals surface area (Å²) in [5.41, 5.74) is 4.15. The molecule has 142 valence electrons. The van der Waals surface area contributed by atoms with Gasteiger partial charge in [-0.1, -0.05) is 48.1 Å². The molecule has 0 saturated carbocycles. The van der Waals surface area contributed by atoms with Gasteiger partial charge in [0.2, 0.25) is 0 Å². The minimum atomic E-state index is -0.446. The van der Waals surface area contributed by atoms with Crippen LogP contribution in [0.1, 0.15) is 40.4 Å². The van der Waals surface area contributed by atoms with Crippen LogP contribution in [0.4, 0.5) is 0 Å². The second-order valence-electron chi connectivity index (χ2n) is 6.24. The molecule has 4 heteroatoms. The van der Waals surface area contributed by atoms with Crippen molar-refractivity contribution in [2.45, 2.75) is 19.8 Å². The maximum atomic E-state index is 12.5. The Bertz CT molecular complexity index is 835. The van der Waals surface area contributed by atoms with E-state index in [1.165, 1.54) is 14.2 Å². The average Bonchev–Trinajstić information content (AvgIpc) is 2.69. The maximum Gasteiger partial charge on any atom is 0.342 e.